The Morgan fingerprint density at radius 2 is 1.69 bits per heavy atom. The summed E-state index contributed by atoms with van der Waals surface area (Å²) in [5.74, 6) is -0.379. The number of hydroxylamine groups is 2. The largest absolute Gasteiger partial charge is 0.286 e. The van der Waals surface area contributed by atoms with Gasteiger partial charge in [0.1, 0.15) is 0 Å². The van der Waals surface area contributed by atoms with Gasteiger partial charge in [-0.15, -0.1) is 0 Å². The maximum atomic E-state index is 11.8. The highest BCUT2D eigenvalue weighted by Crippen LogP contribution is 2.32. The molecule has 0 aliphatic heterocycles. The molecule has 0 spiro atoms. The van der Waals surface area contributed by atoms with Gasteiger partial charge in [0, 0.05) is 37.0 Å². The first-order valence-electron chi connectivity index (χ1n) is 9.06. The first-order chi connectivity index (χ1) is 13.8. The predicted octanol–water partition coefficient (Wildman–Crippen LogP) is 3.60. The van der Waals surface area contributed by atoms with E-state index in [1.54, 1.807) is 30.5 Å². The highest BCUT2D eigenvalue weighted by Gasteiger charge is 2.14. The van der Waals surface area contributed by atoms with Gasteiger partial charge in [-0.05, 0) is 35.7 Å². The molecule has 0 radical (unpaired) electrons. The summed E-state index contributed by atoms with van der Waals surface area (Å²) in [6.45, 7) is 0. The Labute approximate surface area is 170 Å². The minimum atomic E-state index is -3.28. The second-order valence-electron chi connectivity index (χ2n) is 6.82. The van der Waals surface area contributed by atoms with Gasteiger partial charge in [-0.3, -0.25) is 15.0 Å². The monoisotopic (exact) mass is 410 g/mol. The summed E-state index contributed by atoms with van der Waals surface area (Å²) >= 11 is 0. The zero-order valence-corrected chi connectivity index (χ0v) is 17.1. The Kier molecular flexibility index (Phi) is 6.10. The van der Waals surface area contributed by atoms with E-state index in [-0.39, 0.29) is 17.2 Å². The van der Waals surface area contributed by atoms with Crippen molar-refractivity contribution in [3.05, 3.63) is 72.4 Å². The minimum Gasteiger partial charge on any atom is -0.286 e. The van der Waals surface area contributed by atoms with Crippen LogP contribution < -0.4 is 0 Å². The van der Waals surface area contributed by atoms with Crippen molar-refractivity contribution in [2.45, 2.75) is 17.7 Å². The topological polar surface area (TPSA) is 87.6 Å². The van der Waals surface area contributed by atoms with Crippen LogP contribution in [0.1, 0.15) is 12.0 Å². The van der Waals surface area contributed by atoms with E-state index in [2.05, 4.69) is 4.98 Å². The van der Waals surface area contributed by atoms with Crippen molar-refractivity contribution >= 4 is 15.7 Å². The quantitative estimate of drug-likeness (QED) is 0.496. The van der Waals surface area contributed by atoms with E-state index in [0.717, 1.165) is 27.9 Å². The molecule has 1 N–H and O–H groups in total. The Morgan fingerprint density at radius 3 is 2.28 bits per heavy atom. The molecule has 0 unspecified atom stereocenters. The molecule has 2 aromatic carbocycles. The van der Waals surface area contributed by atoms with E-state index in [1.165, 1.54) is 13.3 Å². The van der Waals surface area contributed by atoms with E-state index in [4.69, 9.17) is 0 Å². The summed E-state index contributed by atoms with van der Waals surface area (Å²) in [6.07, 6.45) is 3.49. The molecule has 1 amide bonds. The average molecular weight is 410 g/mol. The number of carbonyl (C=O) groups is 1. The lowest BCUT2D eigenvalue weighted by molar-refractivity contribution is -0.159. The van der Waals surface area contributed by atoms with Crippen molar-refractivity contribution in [2.75, 3.05) is 13.3 Å². The standard InChI is InChI=1S/C22H22N2O4S/c1-24(26)21(25)13-8-16-14-20(17-9-11-19(12-10-17)29(2,27)28)22(23-15-16)18-6-4-3-5-7-18/h3-7,9-12,14-15,26H,8,13H2,1-2H3. The first-order valence-corrected chi connectivity index (χ1v) is 10.9. The highest BCUT2D eigenvalue weighted by atomic mass is 32.2. The van der Waals surface area contributed by atoms with Crippen molar-refractivity contribution < 1.29 is 18.4 Å². The molecule has 3 rings (SSSR count). The third kappa shape index (κ3) is 5.07. The third-order valence-electron chi connectivity index (χ3n) is 4.57. The fourth-order valence-electron chi connectivity index (χ4n) is 2.99. The van der Waals surface area contributed by atoms with Crippen LogP contribution in [0, 0.1) is 0 Å². The number of rotatable bonds is 6. The molecule has 0 bridgehead atoms. The lowest BCUT2D eigenvalue weighted by Gasteiger charge is -2.13. The lowest BCUT2D eigenvalue weighted by Crippen LogP contribution is -2.22. The van der Waals surface area contributed by atoms with Crippen LogP contribution in [-0.4, -0.2) is 42.9 Å². The first kappa shape index (κ1) is 20.7. The molecule has 1 heterocycles. The Bertz CT molecular complexity index is 1110. The number of aromatic nitrogens is 1. The molecule has 0 saturated heterocycles. The number of pyridine rings is 1. The van der Waals surface area contributed by atoms with Gasteiger partial charge in [-0.25, -0.2) is 13.5 Å². The van der Waals surface area contributed by atoms with Gasteiger partial charge >= 0.3 is 0 Å². The molecule has 150 valence electrons. The summed E-state index contributed by atoms with van der Waals surface area (Å²) < 4.78 is 23.5. The predicted molar refractivity (Wildman–Crippen MR) is 111 cm³/mol. The normalized spacial score (nSPS) is 11.3. The number of hydrogen-bond acceptors (Lipinski definition) is 5. The average Bonchev–Trinajstić information content (AvgIpc) is 2.72. The summed E-state index contributed by atoms with van der Waals surface area (Å²) in [7, 11) is -1.98. The van der Waals surface area contributed by atoms with Crippen LogP contribution in [0.15, 0.2) is 71.8 Å². The van der Waals surface area contributed by atoms with Crippen molar-refractivity contribution in [3.8, 4) is 22.4 Å². The van der Waals surface area contributed by atoms with Crippen LogP contribution in [0.5, 0.6) is 0 Å². The molecule has 0 atom stereocenters. The molecule has 0 aliphatic rings. The maximum absolute atomic E-state index is 11.8. The molecule has 1 aromatic heterocycles. The molecule has 0 saturated carbocycles. The molecular weight excluding hydrogens is 388 g/mol. The van der Waals surface area contributed by atoms with Crippen molar-refractivity contribution in [2.24, 2.45) is 0 Å². The van der Waals surface area contributed by atoms with Gasteiger partial charge in [-0.2, -0.15) is 0 Å². The van der Waals surface area contributed by atoms with Gasteiger partial charge in [0.05, 0.1) is 10.6 Å². The molecule has 6 nitrogen and oxygen atoms in total. The zero-order valence-electron chi connectivity index (χ0n) is 16.2. The highest BCUT2D eigenvalue weighted by molar-refractivity contribution is 7.90. The van der Waals surface area contributed by atoms with Gasteiger partial charge in [0.25, 0.3) is 0 Å². The summed E-state index contributed by atoms with van der Waals surface area (Å²) in [4.78, 5) is 16.6. The third-order valence-corrected chi connectivity index (χ3v) is 5.70. The van der Waals surface area contributed by atoms with E-state index < -0.39 is 9.84 Å². The Balaban J connectivity index is 2.03. The van der Waals surface area contributed by atoms with Gasteiger partial charge < -0.3 is 0 Å². The molecule has 0 aliphatic carbocycles. The van der Waals surface area contributed by atoms with Crippen LogP contribution in [0.3, 0.4) is 0 Å². The summed E-state index contributed by atoms with van der Waals surface area (Å²) in [6, 6.07) is 18.3. The van der Waals surface area contributed by atoms with Crippen LogP contribution in [0.25, 0.3) is 22.4 Å². The van der Waals surface area contributed by atoms with E-state index >= 15 is 0 Å². The van der Waals surface area contributed by atoms with Crippen LogP contribution in [0.2, 0.25) is 0 Å². The molecule has 7 heteroatoms. The number of nitrogens with zero attached hydrogens (tertiary/aromatic N) is 2. The number of amides is 1. The maximum Gasteiger partial charge on any atom is 0.245 e. The van der Waals surface area contributed by atoms with Crippen LogP contribution in [0.4, 0.5) is 0 Å². The molecular formula is C22H22N2O4S. The van der Waals surface area contributed by atoms with Crippen molar-refractivity contribution in [1.82, 2.24) is 10.0 Å². The van der Waals surface area contributed by atoms with Crippen LogP contribution in [-0.2, 0) is 21.1 Å². The van der Waals surface area contributed by atoms with Gasteiger partial charge in [-0.1, -0.05) is 42.5 Å². The van der Waals surface area contributed by atoms with E-state index in [9.17, 15) is 18.4 Å². The van der Waals surface area contributed by atoms with E-state index in [0.29, 0.717) is 11.5 Å². The fraction of sp³-hybridized carbons (Fsp3) is 0.182. The number of benzene rings is 2. The lowest BCUT2D eigenvalue weighted by atomic mass is 9.97. The zero-order chi connectivity index (χ0) is 21.0. The van der Waals surface area contributed by atoms with Gasteiger partial charge in [0.2, 0.25) is 5.91 Å². The Hall–Kier alpha value is -3.03. The summed E-state index contributed by atoms with van der Waals surface area (Å²) in [5, 5.41) is 9.82. The second-order valence-corrected chi connectivity index (χ2v) is 8.84. The van der Waals surface area contributed by atoms with Crippen molar-refractivity contribution in [3.63, 3.8) is 0 Å². The van der Waals surface area contributed by atoms with Crippen molar-refractivity contribution in [1.29, 1.82) is 0 Å². The minimum absolute atomic E-state index is 0.159. The second kappa shape index (κ2) is 8.55. The fourth-order valence-corrected chi connectivity index (χ4v) is 3.62. The van der Waals surface area contributed by atoms with E-state index in [1.807, 2.05) is 36.4 Å². The number of aryl methyl sites for hydroxylation is 1. The summed E-state index contributed by atoms with van der Waals surface area (Å²) in [5.41, 5.74) is 4.23. The smallest absolute Gasteiger partial charge is 0.245 e. The van der Waals surface area contributed by atoms with Gasteiger partial charge in [0.15, 0.2) is 9.84 Å². The molecule has 0 fully saturated rings. The Morgan fingerprint density at radius 1 is 1.03 bits per heavy atom. The number of sulfone groups is 1. The van der Waals surface area contributed by atoms with Crippen LogP contribution >= 0.6 is 0 Å². The number of carbonyl (C=O) groups excluding carboxylic acids is 1. The number of hydrogen-bond donors (Lipinski definition) is 1. The molecule has 3 aromatic rings. The SMILES string of the molecule is CN(O)C(=O)CCc1cnc(-c2ccccc2)c(-c2ccc(S(C)(=O)=O)cc2)c1. The molecule has 29 heavy (non-hydrogen) atoms.